The zero-order valence-electron chi connectivity index (χ0n) is 9.77. The minimum Gasteiger partial charge on any atom is -0.392 e. The summed E-state index contributed by atoms with van der Waals surface area (Å²) in [4.78, 5) is 1.12. The molecule has 1 nitrogen and oxygen atoms in total. The van der Waals surface area contributed by atoms with E-state index in [1.165, 1.54) is 5.75 Å². The first-order valence-corrected chi connectivity index (χ1v) is 9.21. The summed E-state index contributed by atoms with van der Waals surface area (Å²) in [5.74, 6) is 2.37. The van der Waals surface area contributed by atoms with Crippen LogP contribution in [0.1, 0.15) is 18.2 Å². The lowest BCUT2D eigenvalue weighted by Gasteiger charge is -2.33. The van der Waals surface area contributed by atoms with Crippen LogP contribution >= 0.6 is 46.5 Å². The van der Waals surface area contributed by atoms with E-state index in [4.69, 9.17) is 11.6 Å². The second-order valence-electron chi connectivity index (χ2n) is 4.12. The van der Waals surface area contributed by atoms with Crippen LogP contribution in [0.5, 0.6) is 0 Å². The highest BCUT2D eigenvalue weighted by Crippen LogP contribution is 2.37. The van der Waals surface area contributed by atoms with E-state index in [0.717, 1.165) is 22.1 Å². The minimum atomic E-state index is -0.270. The Labute approximate surface area is 120 Å². The maximum atomic E-state index is 10.4. The number of aliphatic hydroxyl groups is 1. The number of halogens is 1. The van der Waals surface area contributed by atoms with Gasteiger partial charge in [0.15, 0.2) is 0 Å². The van der Waals surface area contributed by atoms with Crippen LogP contribution in [-0.4, -0.2) is 33.2 Å². The number of hydrogen-bond acceptors (Lipinski definition) is 4. The molecule has 1 fully saturated rings. The summed E-state index contributed by atoms with van der Waals surface area (Å²) in [6.07, 6.45) is 1.57. The molecule has 3 unspecified atom stereocenters. The molecule has 96 valence electrons. The Kier molecular flexibility index (Phi) is 5.55. The van der Waals surface area contributed by atoms with E-state index in [1.54, 1.807) is 11.3 Å². The molecule has 1 aromatic rings. The molecule has 1 aliphatic rings. The monoisotopic (exact) mass is 308 g/mol. The van der Waals surface area contributed by atoms with E-state index in [2.05, 4.69) is 6.92 Å². The second-order valence-corrected chi connectivity index (χ2v) is 8.16. The van der Waals surface area contributed by atoms with Crippen LogP contribution < -0.4 is 0 Å². The third-order valence-corrected chi connectivity index (χ3v) is 7.76. The van der Waals surface area contributed by atoms with Crippen LogP contribution in [0, 0.1) is 0 Å². The van der Waals surface area contributed by atoms with Crippen molar-refractivity contribution < 1.29 is 5.11 Å². The van der Waals surface area contributed by atoms with Gasteiger partial charge in [-0.3, -0.25) is 0 Å². The number of rotatable bonds is 4. The van der Waals surface area contributed by atoms with E-state index in [0.29, 0.717) is 16.9 Å². The van der Waals surface area contributed by atoms with E-state index >= 15 is 0 Å². The normalized spacial score (nSPS) is 27.0. The lowest BCUT2D eigenvalue weighted by atomic mass is 10.1. The van der Waals surface area contributed by atoms with Crippen molar-refractivity contribution in [2.45, 2.75) is 36.4 Å². The van der Waals surface area contributed by atoms with Gasteiger partial charge in [0.1, 0.15) is 0 Å². The van der Waals surface area contributed by atoms with Gasteiger partial charge in [0, 0.05) is 33.3 Å². The van der Waals surface area contributed by atoms with Gasteiger partial charge < -0.3 is 5.11 Å². The summed E-state index contributed by atoms with van der Waals surface area (Å²) in [5, 5.41) is 14.1. The van der Waals surface area contributed by atoms with Crippen molar-refractivity contribution in [2.75, 3.05) is 11.5 Å². The fourth-order valence-electron chi connectivity index (χ4n) is 2.07. The largest absolute Gasteiger partial charge is 0.392 e. The molecule has 0 bridgehead atoms. The van der Waals surface area contributed by atoms with Gasteiger partial charge in [-0.15, -0.1) is 11.3 Å². The fourth-order valence-corrected chi connectivity index (χ4v) is 6.38. The lowest BCUT2D eigenvalue weighted by molar-refractivity contribution is 0.170. The highest BCUT2D eigenvalue weighted by Gasteiger charge is 2.31. The molecule has 0 saturated carbocycles. The highest BCUT2D eigenvalue weighted by molar-refractivity contribution is 8.07. The molecular formula is C12H17ClOS3. The molecule has 2 heterocycles. The van der Waals surface area contributed by atoms with Gasteiger partial charge in [0.2, 0.25) is 0 Å². The zero-order valence-corrected chi connectivity index (χ0v) is 13.0. The summed E-state index contributed by atoms with van der Waals surface area (Å²) < 4.78 is 0. The maximum Gasteiger partial charge on any atom is 0.0718 e. The van der Waals surface area contributed by atoms with Gasteiger partial charge in [0.25, 0.3) is 0 Å². The van der Waals surface area contributed by atoms with Crippen molar-refractivity contribution in [3.8, 4) is 0 Å². The molecular weight excluding hydrogens is 292 g/mol. The smallest absolute Gasteiger partial charge is 0.0718 e. The molecule has 17 heavy (non-hydrogen) atoms. The summed E-state index contributed by atoms with van der Waals surface area (Å²) in [6.45, 7) is 2.21. The number of hydrogen-bond donors (Lipinski definition) is 1. The molecule has 3 atom stereocenters. The fraction of sp³-hybridized carbons (Fsp3) is 0.667. The first-order chi connectivity index (χ1) is 8.22. The van der Waals surface area contributed by atoms with Crippen LogP contribution in [0.25, 0.3) is 0 Å². The Bertz CT molecular complexity index is 355. The Morgan fingerprint density at radius 1 is 1.47 bits per heavy atom. The molecule has 0 amide bonds. The van der Waals surface area contributed by atoms with Crippen molar-refractivity contribution in [2.24, 2.45) is 0 Å². The summed E-state index contributed by atoms with van der Waals surface area (Å²) in [6, 6.07) is 1.91. The lowest BCUT2D eigenvalue weighted by Crippen LogP contribution is -2.37. The average molecular weight is 309 g/mol. The third kappa shape index (κ3) is 3.57. The quantitative estimate of drug-likeness (QED) is 0.910. The Hall–Kier alpha value is 0.650. The molecule has 0 spiro atoms. The summed E-state index contributed by atoms with van der Waals surface area (Å²) in [7, 11) is 0. The van der Waals surface area contributed by atoms with Crippen LogP contribution in [0.3, 0.4) is 0 Å². The summed E-state index contributed by atoms with van der Waals surface area (Å²) in [5.41, 5.74) is 0. The molecule has 1 N–H and O–H groups in total. The van der Waals surface area contributed by atoms with E-state index < -0.39 is 0 Å². The van der Waals surface area contributed by atoms with Crippen LogP contribution in [0.4, 0.5) is 0 Å². The van der Waals surface area contributed by atoms with Gasteiger partial charge in [-0.25, -0.2) is 0 Å². The first-order valence-electron chi connectivity index (χ1n) is 5.85. The van der Waals surface area contributed by atoms with E-state index in [1.807, 2.05) is 35.0 Å². The summed E-state index contributed by atoms with van der Waals surface area (Å²) >= 11 is 11.7. The predicted octanol–water partition coefficient (Wildman–Crippen LogP) is 3.93. The number of thioether (sulfide) groups is 2. The Balaban J connectivity index is 1.98. The van der Waals surface area contributed by atoms with Crippen LogP contribution in [0.15, 0.2) is 11.4 Å². The van der Waals surface area contributed by atoms with Gasteiger partial charge >= 0.3 is 0 Å². The molecule has 0 radical (unpaired) electrons. The number of thiophene rings is 1. The SMILES string of the molecule is CCC1SCCSC1C(O)Cc1sccc1Cl. The van der Waals surface area contributed by atoms with E-state index in [9.17, 15) is 5.11 Å². The molecule has 5 heteroatoms. The molecule has 1 aromatic heterocycles. The second kappa shape index (κ2) is 6.71. The highest BCUT2D eigenvalue weighted by atomic mass is 35.5. The molecule has 1 saturated heterocycles. The van der Waals surface area contributed by atoms with Gasteiger partial charge in [-0.05, 0) is 17.9 Å². The van der Waals surface area contributed by atoms with Gasteiger partial charge in [-0.1, -0.05) is 18.5 Å². The third-order valence-electron chi connectivity index (χ3n) is 2.96. The standard InChI is InChI=1S/C12H17ClOS3/c1-2-10-12(17-6-5-16-10)9(14)7-11-8(13)3-4-15-11/h3-4,9-10,12,14H,2,5-7H2,1H3. The predicted molar refractivity (Wildman–Crippen MR) is 81.8 cm³/mol. The molecule has 0 aromatic carbocycles. The zero-order chi connectivity index (χ0) is 12.3. The topological polar surface area (TPSA) is 20.2 Å². The average Bonchev–Trinajstić information content (AvgIpc) is 2.75. The van der Waals surface area contributed by atoms with Gasteiger partial charge in [-0.2, -0.15) is 23.5 Å². The van der Waals surface area contributed by atoms with Crippen LogP contribution in [-0.2, 0) is 6.42 Å². The molecule has 2 rings (SSSR count). The Morgan fingerprint density at radius 2 is 2.24 bits per heavy atom. The molecule has 0 aliphatic carbocycles. The van der Waals surface area contributed by atoms with Crippen molar-refractivity contribution >= 4 is 46.5 Å². The van der Waals surface area contributed by atoms with Crippen molar-refractivity contribution in [1.82, 2.24) is 0 Å². The first kappa shape index (κ1) is 14.1. The molecule has 1 aliphatic heterocycles. The maximum absolute atomic E-state index is 10.4. The van der Waals surface area contributed by atoms with Gasteiger partial charge in [0.05, 0.1) is 11.1 Å². The minimum absolute atomic E-state index is 0.270. The Morgan fingerprint density at radius 3 is 2.88 bits per heavy atom. The van der Waals surface area contributed by atoms with Crippen molar-refractivity contribution in [3.05, 3.63) is 21.3 Å². The van der Waals surface area contributed by atoms with Crippen LogP contribution in [0.2, 0.25) is 5.02 Å². The number of aliphatic hydroxyl groups excluding tert-OH is 1. The van der Waals surface area contributed by atoms with Crippen molar-refractivity contribution in [1.29, 1.82) is 0 Å². The van der Waals surface area contributed by atoms with E-state index in [-0.39, 0.29) is 6.10 Å². The van der Waals surface area contributed by atoms with Crippen molar-refractivity contribution in [3.63, 3.8) is 0 Å².